The second-order valence-corrected chi connectivity index (χ2v) is 5.42. The molecule has 1 atom stereocenters. The van der Waals surface area contributed by atoms with Crippen LogP contribution in [0.15, 0.2) is 33.3 Å². The average Bonchev–Trinajstić information content (AvgIpc) is 2.35. The molecule has 0 saturated carbocycles. The summed E-state index contributed by atoms with van der Waals surface area (Å²) in [5.41, 5.74) is 0.764. The lowest BCUT2D eigenvalue weighted by atomic mass is 10.2. The van der Waals surface area contributed by atoms with Crippen LogP contribution < -0.4 is 4.74 Å². The number of aromatic nitrogens is 1. The third kappa shape index (κ3) is 3.23. The van der Waals surface area contributed by atoms with E-state index in [1.807, 2.05) is 6.07 Å². The number of nitrogens with zero attached hydrogens (tertiary/aromatic N) is 1. The van der Waals surface area contributed by atoms with Crippen LogP contribution >= 0.6 is 31.9 Å². The number of benzene rings is 1. The molecular formula is C12H9Br2NO4. The zero-order valence-corrected chi connectivity index (χ0v) is 12.9. The molecule has 0 aliphatic heterocycles. The van der Waals surface area contributed by atoms with Gasteiger partial charge >= 0.3 is 5.97 Å². The zero-order chi connectivity index (χ0) is 14.0. The monoisotopic (exact) mass is 389 g/mol. The number of halogens is 2. The quantitative estimate of drug-likeness (QED) is 0.812. The molecule has 0 amide bonds. The highest BCUT2D eigenvalue weighted by Gasteiger charge is 2.18. The zero-order valence-electron chi connectivity index (χ0n) is 9.76. The van der Waals surface area contributed by atoms with Crippen molar-refractivity contribution in [3.05, 3.63) is 33.3 Å². The maximum Gasteiger partial charge on any atom is 0.373 e. The van der Waals surface area contributed by atoms with Crippen LogP contribution in [-0.4, -0.2) is 29.5 Å². The molecule has 19 heavy (non-hydrogen) atoms. The number of aliphatic carboxylic acids is 1. The summed E-state index contributed by atoms with van der Waals surface area (Å²) in [5.74, 6) is -0.806. The van der Waals surface area contributed by atoms with Crippen molar-refractivity contribution < 1.29 is 19.4 Å². The summed E-state index contributed by atoms with van der Waals surface area (Å²) in [6.45, 7) is 0. The molecule has 100 valence electrons. The SMILES string of the molecule is COC(Oc1cc(Br)c2ncc(Br)cc2c1)C(=O)O. The van der Waals surface area contributed by atoms with E-state index in [0.717, 1.165) is 15.4 Å². The van der Waals surface area contributed by atoms with E-state index in [0.29, 0.717) is 10.2 Å². The molecule has 1 heterocycles. The third-order valence-electron chi connectivity index (χ3n) is 2.34. The number of hydrogen-bond donors (Lipinski definition) is 1. The molecule has 7 heteroatoms. The Bertz CT molecular complexity index is 632. The molecule has 0 aliphatic rings. The summed E-state index contributed by atoms with van der Waals surface area (Å²) in [6.07, 6.45) is 0.340. The van der Waals surface area contributed by atoms with Gasteiger partial charge in [-0.05, 0) is 50.1 Å². The second kappa shape index (κ2) is 5.85. The molecule has 0 bridgehead atoms. The predicted octanol–water partition coefficient (Wildman–Crippen LogP) is 3.20. The van der Waals surface area contributed by atoms with Gasteiger partial charge in [0.05, 0.1) is 5.52 Å². The van der Waals surface area contributed by atoms with Crippen LogP contribution in [0.2, 0.25) is 0 Å². The summed E-state index contributed by atoms with van der Waals surface area (Å²) >= 11 is 6.71. The maximum absolute atomic E-state index is 10.9. The number of fused-ring (bicyclic) bond motifs is 1. The van der Waals surface area contributed by atoms with Crippen molar-refractivity contribution in [2.24, 2.45) is 0 Å². The van der Waals surface area contributed by atoms with Crippen molar-refractivity contribution in [2.45, 2.75) is 6.29 Å². The summed E-state index contributed by atoms with van der Waals surface area (Å²) in [5, 5.41) is 9.70. The summed E-state index contributed by atoms with van der Waals surface area (Å²) in [7, 11) is 1.27. The van der Waals surface area contributed by atoms with Gasteiger partial charge in [0, 0.05) is 27.6 Å². The van der Waals surface area contributed by atoms with E-state index in [4.69, 9.17) is 14.6 Å². The Kier molecular flexibility index (Phi) is 4.38. The topological polar surface area (TPSA) is 68.7 Å². The standard InChI is InChI=1S/C12H9Br2NO4/c1-18-12(11(16)17)19-8-3-6-2-7(13)5-15-10(6)9(14)4-8/h2-5,12H,1H3,(H,16,17). The fraction of sp³-hybridized carbons (Fsp3) is 0.167. The third-order valence-corrected chi connectivity index (χ3v) is 3.37. The van der Waals surface area contributed by atoms with Crippen LogP contribution in [0.25, 0.3) is 10.9 Å². The summed E-state index contributed by atoms with van der Waals surface area (Å²) in [6, 6.07) is 5.22. The normalized spacial score (nSPS) is 12.4. The Morgan fingerprint density at radius 3 is 2.74 bits per heavy atom. The molecule has 0 radical (unpaired) electrons. The Labute approximate surface area is 125 Å². The van der Waals surface area contributed by atoms with Gasteiger partial charge in [-0.3, -0.25) is 4.98 Å². The number of hydrogen-bond acceptors (Lipinski definition) is 4. The van der Waals surface area contributed by atoms with E-state index in [-0.39, 0.29) is 0 Å². The highest BCUT2D eigenvalue weighted by molar-refractivity contribution is 9.11. The van der Waals surface area contributed by atoms with Crippen molar-refractivity contribution in [2.75, 3.05) is 7.11 Å². The van der Waals surface area contributed by atoms with Gasteiger partial charge in [-0.25, -0.2) is 4.79 Å². The number of methoxy groups -OCH3 is 1. The first kappa shape index (κ1) is 14.2. The Hall–Kier alpha value is -1.18. The number of rotatable bonds is 4. The minimum atomic E-state index is -1.34. The fourth-order valence-electron chi connectivity index (χ4n) is 1.54. The first-order valence-electron chi connectivity index (χ1n) is 5.18. The highest BCUT2D eigenvalue weighted by atomic mass is 79.9. The van der Waals surface area contributed by atoms with E-state index in [1.54, 1.807) is 18.3 Å². The molecule has 0 fully saturated rings. The van der Waals surface area contributed by atoms with Crippen LogP contribution in [0.3, 0.4) is 0 Å². The maximum atomic E-state index is 10.9. The van der Waals surface area contributed by atoms with E-state index in [9.17, 15) is 4.79 Å². The number of carbonyl (C=O) groups is 1. The Morgan fingerprint density at radius 2 is 2.11 bits per heavy atom. The number of carboxylic acids is 1. The average molecular weight is 391 g/mol. The number of ether oxygens (including phenoxy) is 2. The summed E-state index contributed by atoms with van der Waals surface area (Å²) in [4.78, 5) is 15.1. The van der Waals surface area contributed by atoms with E-state index in [2.05, 4.69) is 36.8 Å². The van der Waals surface area contributed by atoms with Crippen LogP contribution in [0.4, 0.5) is 0 Å². The van der Waals surface area contributed by atoms with Gasteiger partial charge in [-0.15, -0.1) is 0 Å². The molecular weight excluding hydrogens is 382 g/mol. The molecule has 0 saturated heterocycles. The first-order valence-corrected chi connectivity index (χ1v) is 6.77. The Balaban J connectivity index is 2.42. The molecule has 1 aromatic carbocycles. The minimum absolute atomic E-state index is 0.383. The van der Waals surface area contributed by atoms with Crippen LogP contribution in [0.1, 0.15) is 0 Å². The smallest absolute Gasteiger partial charge is 0.373 e. The van der Waals surface area contributed by atoms with Gasteiger partial charge in [0.15, 0.2) is 0 Å². The molecule has 0 aliphatic carbocycles. The van der Waals surface area contributed by atoms with Gasteiger partial charge < -0.3 is 14.6 Å². The van der Waals surface area contributed by atoms with Gasteiger partial charge in [0.1, 0.15) is 5.75 Å². The molecule has 0 spiro atoms. The van der Waals surface area contributed by atoms with Crippen LogP contribution in [-0.2, 0) is 9.53 Å². The first-order chi connectivity index (χ1) is 9.01. The predicted molar refractivity (Wildman–Crippen MR) is 76.2 cm³/mol. The van der Waals surface area contributed by atoms with Gasteiger partial charge in [-0.1, -0.05) is 0 Å². The van der Waals surface area contributed by atoms with E-state index >= 15 is 0 Å². The van der Waals surface area contributed by atoms with Crippen molar-refractivity contribution >= 4 is 48.7 Å². The molecule has 2 rings (SSSR count). The number of pyridine rings is 1. The molecule has 1 unspecified atom stereocenters. The summed E-state index contributed by atoms with van der Waals surface area (Å²) < 4.78 is 11.5. The largest absolute Gasteiger partial charge is 0.477 e. The van der Waals surface area contributed by atoms with Crippen molar-refractivity contribution in [3.63, 3.8) is 0 Å². The highest BCUT2D eigenvalue weighted by Crippen LogP contribution is 2.30. The second-order valence-electron chi connectivity index (χ2n) is 3.65. The van der Waals surface area contributed by atoms with Crippen molar-refractivity contribution in [3.8, 4) is 5.75 Å². The molecule has 1 N–H and O–H groups in total. The molecule has 2 aromatic rings. The van der Waals surface area contributed by atoms with E-state index < -0.39 is 12.3 Å². The fourth-order valence-corrected chi connectivity index (χ4v) is 2.45. The Morgan fingerprint density at radius 1 is 1.37 bits per heavy atom. The minimum Gasteiger partial charge on any atom is -0.477 e. The van der Waals surface area contributed by atoms with Gasteiger partial charge in [0.2, 0.25) is 0 Å². The lowest BCUT2D eigenvalue weighted by Gasteiger charge is -2.14. The molecule has 5 nitrogen and oxygen atoms in total. The van der Waals surface area contributed by atoms with Crippen LogP contribution in [0, 0.1) is 0 Å². The van der Waals surface area contributed by atoms with Gasteiger partial charge in [-0.2, -0.15) is 0 Å². The van der Waals surface area contributed by atoms with Crippen molar-refractivity contribution in [1.82, 2.24) is 4.98 Å². The van der Waals surface area contributed by atoms with Crippen LogP contribution in [0.5, 0.6) is 5.75 Å². The van der Waals surface area contributed by atoms with E-state index in [1.165, 1.54) is 7.11 Å². The van der Waals surface area contributed by atoms with Crippen molar-refractivity contribution in [1.29, 1.82) is 0 Å². The lowest BCUT2D eigenvalue weighted by molar-refractivity contribution is -0.166. The molecule has 1 aromatic heterocycles. The lowest BCUT2D eigenvalue weighted by Crippen LogP contribution is -2.28. The number of carboxylic acid groups (broad SMARTS) is 1. The van der Waals surface area contributed by atoms with Gasteiger partial charge in [0.25, 0.3) is 6.29 Å².